The molecule has 0 aliphatic carbocycles. The minimum atomic E-state index is -0.500. The molecule has 0 aliphatic rings. The van der Waals surface area contributed by atoms with E-state index in [1.165, 1.54) is 14.1 Å². The first-order valence-corrected chi connectivity index (χ1v) is 18.8. The Bertz CT molecular complexity index is 607. The molecule has 0 atom stereocenters. The molecule has 0 saturated carbocycles. The third-order valence-corrected chi connectivity index (χ3v) is 2.67. The van der Waals surface area contributed by atoms with Gasteiger partial charge in [0.15, 0.2) is 14.1 Å². The topological polar surface area (TPSA) is 138 Å². The summed E-state index contributed by atoms with van der Waals surface area (Å²) in [5.41, 5.74) is 9.00. The van der Waals surface area contributed by atoms with Crippen molar-refractivity contribution in [1.29, 1.82) is 0 Å². The van der Waals surface area contributed by atoms with Crippen molar-refractivity contribution >= 4 is 0 Å². The summed E-state index contributed by atoms with van der Waals surface area (Å²) in [5.74, 6) is 0. The van der Waals surface area contributed by atoms with Crippen LogP contribution in [0.1, 0.15) is 111 Å². The van der Waals surface area contributed by atoms with Gasteiger partial charge < -0.3 is 11.5 Å². The molecule has 308 valence electrons. The average molecular weight is 737 g/mol. The van der Waals surface area contributed by atoms with Crippen LogP contribution in [-0.4, -0.2) is 38.0 Å². The van der Waals surface area contributed by atoms with Crippen molar-refractivity contribution in [3.63, 3.8) is 0 Å². The molecule has 0 saturated heterocycles. The third-order valence-electron chi connectivity index (χ3n) is 2.67. The van der Waals surface area contributed by atoms with Crippen LogP contribution in [0.3, 0.4) is 0 Å². The fraction of sp³-hybridized carbons (Fsp3) is 0.455. The van der Waals surface area contributed by atoms with Gasteiger partial charge in [0, 0.05) is 9.85 Å². The van der Waals surface area contributed by atoms with Crippen LogP contribution in [0.5, 0.6) is 0 Å². The third kappa shape index (κ3) is 236. The van der Waals surface area contributed by atoms with Gasteiger partial charge in [-0.2, -0.15) is 0 Å². The largest absolute Gasteiger partial charge is 0.333 e. The summed E-state index contributed by atoms with van der Waals surface area (Å²) >= 11 is 0. The monoisotopic (exact) mass is 737 g/mol. The van der Waals surface area contributed by atoms with Gasteiger partial charge in [0.25, 0.3) is 0 Å². The zero-order chi connectivity index (χ0) is 44.1. The number of nitrogens with two attached hydrogens (primary N) is 2. The van der Waals surface area contributed by atoms with Crippen molar-refractivity contribution in [3.8, 4) is 0 Å². The lowest BCUT2D eigenvalue weighted by molar-refractivity contribution is -0.445. The van der Waals surface area contributed by atoms with E-state index >= 15 is 0 Å². The lowest BCUT2D eigenvalue weighted by Crippen LogP contribution is -1.79. The molecule has 4 aromatic carbocycles. The molecule has 4 rings (SSSR count). The van der Waals surface area contributed by atoms with E-state index in [1.807, 2.05) is 256 Å². The smallest absolute Gasteiger partial charge is 0.194 e. The lowest BCUT2D eigenvalue weighted by Gasteiger charge is -1.69. The molecule has 0 unspecified atom stereocenters. The van der Waals surface area contributed by atoms with Gasteiger partial charge in [-0.05, 0) is 14.1 Å². The maximum atomic E-state index is 8.81. The fourth-order valence-electron chi connectivity index (χ4n) is 1.54. The molecule has 8 nitrogen and oxygen atoms in total. The second kappa shape index (κ2) is 148. The molecule has 0 bridgehead atoms. The van der Waals surface area contributed by atoms with Gasteiger partial charge in [0.05, 0.1) is 0 Å². The summed E-state index contributed by atoms with van der Waals surface area (Å²) in [7, 11) is 4.78. The first-order valence-electron chi connectivity index (χ1n) is 18.8. The summed E-state index contributed by atoms with van der Waals surface area (Å²) < 4.78 is 0. The Morgan fingerprint density at radius 3 is 0.288 bits per heavy atom. The average Bonchev–Trinajstić information content (AvgIpc) is 3.28. The maximum absolute atomic E-state index is 8.81. The predicted molar refractivity (Wildman–Crippen MR) is 243 cm³/mol. The van der Waals surface area contributed by atoms with Gasteiger partial charge in [-0.3, -0.25) is 20.2 Å². The Morgan fingerprint density at radius 1 is 0.250 bits per heavy atom. The Morgan fingerprint density at radius 2 is 0.269 bits per heavy atom. The number of hydrogen-bond donors (Lipinski definition) is 2. The van der Waals surface area contributed by atoms with E-state index < -0.39 is 9.85 Å². The van der Waals surface area contributed by atoms with Crippen molar-refractivity contribution in [2.24, 2.45) is 11.5 Å². The molecule has 0 fully saturated rings. The molecule has 8 heteroatoms. The summed E-state index contributed by atoms with van der Waals surface area (Å²) in [5, 5.41) is 17.6. The minimum Gasteiger partial charge on any atom is -0.333 e. The normalized spacial score (nSPS) is 5.81. The number of nitro groups is 2. The summed E-state index contributed by atoms with van der Waals surface area (Å²) in [6.07, 6.45) is 0. The van der Waals surface area contributed by atoms with E-state index in [4.69, 9.17) is 20.2 Å². The zero-order valence-corrected chi connectivity index (χ0v) is 37.5. The van der Waals surface area contributed by atoms with Crippen LogP contribution in [0.25, 0.3) is 0 Å². The van der Waals surface area contributed by atoms with Crippen molar-refractivity contribution < 1.29 is 9.85 Å². The Hall–Kier alpha value is -4.40. The Kier molecular flexibility index (Phi) is 232. The van der Waals surface area contributed by atoms with Gasteiger partial charge in [0.2, 0.25) is 0 Å². The zero-order valence-electron chi connectivity index (χ0n) is 37.5. The van der Waals surface area contributed by atoms with Crippen molar-refractivity contribution in [3.05, 3.63) is 166 Å². The highest BCUT2D eigenvalue weighted by Gasteiger charge is 1.60. The number of hydrogen-bond acceptors (Lipinski definition) is 6. The number of rotatable bonds is 0. The summed E-state index contributed by atoms with van der Waals surface area (Å²) in [6.45, 7) is 32.0. The summed E-state index contributed by atoms with van der Waals surface area (Å²) in [6, 6.07) is 48.0. The molecule has 0 aliphatic heterocycles. The molecule has 0 amide bonds. The highest BCUT2D eigenvalue weighted by molar-refractivity contribution is 5.00. The van der Waals surface area contributed by atoms with E-state index in [-0.39, 0.29) is 0 Å². The van der Waals surface area contributed by atoms with E-state index in [0.717, 1.165) is 14.1 Å². The molecular formula is C44H88N4O4. The molecule has 0 heterocycles. The highest BCUT2D eigenvalue weighted by atomic mass is 16.6. The van der Waals surface area contributed by atoms with Crippen LogP contribution in [0.4, 0.5) is 0 Å². The first kappa shape index (κ1) is 81.6. The molecule has 4 aromatic rings. The van der Waals surface area contributed by atoms with Gasteiger partial charge in [-0.15, -0.1) is 0 Å². The molecule has 4 N–H and O–H groups in total. The van der Waals surface area contributed by atoms with Crippen LogP contribution in [0, 0.1) is 20.2 Å². The van der Waals surface area contributed by atoms with Gasteiger partial charge in [-0.25, -0.2) is 0 Å². The van der Waals surface area contributed by atoms with Gasteiger partial charge >= 0.3 is 0 Å². The quantitative estimate of drug-likeness (QED) is 0.136. The maximum Gasteiger partial charge on any atom is 0.194 e. The number of nitrogens with zero attached hydrogens (tertiary/aromatic N) is 2. The molecular weight excluding hydrogens is 649 g/mol. The van der Waals surface area contributed by atoms with Crippen LogP contribution in [0.15, 0.2) is 146 Å². The Labute approximate surface area is 325 Å². The van der Waals surface area contributed by atoms with Crippen LogP contribution in [-0.2, 0) is 0 Å². The molecule has 0 spiro atoms. The first-order chi connectivity index (χ1) is 25.5. The summed E-state index contributed by atoms with van der Waals surface area (Å²) in [4.78, 5) is 16.6. The lowest BCUT2D eigenvalue weighted by atomic mass is 10.4. The second-order valence-electron chi connectivity index (χ2n) is 5.50. The molecule has 0 radical (unpaired) electrons. The van der Waals surface area contributed by atoms with E-state index in [2.05, 4.69) is 11.5 Å². The fourth-order valence-corrected chi connectivity index (χ4v) is 1.54. The number of benzene rings is 4. The molecule has 52 heavy (non-hydrogen) atoms. The van der Waals surface area contributed by atoms with E-state index in [0.29, 0.717) is 0 Å². The minimum absolute atomic E-state index is 0.500. The van der Waals surface area contributed by atoms with Gasteiger partial charge in [-0.1, -0.05) is 256 Å². The van der Waals surface area contributed by atoms with E-state index in [1.54, 1.807) is 0 Å². The molecule has 0 aromatic heterocycles. The van der Waals surface area contributed by atoms with Gasteiger partial charge in [0.1, 0.15) is 0 Å². The SMILES string of the molecule is CC.CC.CC.CC.CC.CC.CC.CC.CN.CN.C[N+](=O)[O-].C[N+](=O)[O-].c1ccccc1.c1ccccc1.c1ccccc1.c1ccccc1. The highest BCUT2D eigenvalue weighted by Crippen LogP contribution is 1.81. The van der Waals surface area contributed by atoms with E-state index in [9.17, 15) is 0 Å². The Balaban J connectivity index is -0.0000000339. The van der Waals surface area contributed by atoms with Crippen molar-refractivity contribution in [1.82, 2.24) is 0 Å². The van der Waals surface area contributed by atoms with Crippen LogP contribution < -0.4 is 11.5 Å². The predicted octanol–water partition coefficient (Wildman–Crippen LogP) is 13.9. The van der Waals surface area contributed by atoms with Crippen molar-refractivity contribution in [2.75, 3.05) is 28.2 Å². The van der Waals surface area contributed by atoms with Crippen molar-refractivity contribution in [2.45, 2.75) is 111 Å². The van der Waals surface area contributed by atoms with Crippen LogP contribution in [0.2, 0.25) is 0 Å². The van der Waals surface area contributed by atoms with Crippen LogP contribution >= 0.6 is 0 Å². The second-order valence-corrected chi connectivity index (χ2v) is 5.50. The standard InChI is InChI=1S/4C6H6.8C2H6.2CH3NO2.2CH5N/c4*1-2-4-6-5-3-1;8*1-2;2*1-2(3)4;2*1-2/h4*1-6H;8*1-2H3;2*1H3;2*2H2,1H3.